The fourth-order valence-corrected chi connectivity index (χ4v) is 1.73. The van der Waals surface area contributed by atoms with E-state index in [4.69, 9.17) is 4.55 Å². The molecule has 0 heterocycles. The Balaban J connectivity index is 2.54. The maximum atomic E-state index is 13.0. The number of halogens is 1. The topological polar surface area (TPSA) is 54.4 Å². The monoisotopic (exact) mass is 218 g/mol. The molecule has 0 aliphatic carbocycles. The molecule has 0 saturated carbocycles. The molecular formula is C9H11FO3S. The lowest BCUT2D eigenvalue weighted by Gasteiger charge is -2.05. The first-order valence-corrected chi connectivity index (χ1v) is 5.71. The zero-order valence-corrected chi connectivity index (χ0v) is 8.24. The molecule has 78 valence electrons. The summed E-state index contributed by atoms with van der Waals surface area (Å²) in [6, 6.07) is 8.69. The Labute approximate surface area is 82.3 Å². The molecule has 0 bridgehead atoms. The molecule has 0 aliphatic heterocycles. The zero-order valence-electron chi connectivity index (χ0n) is 7.43. The lowest BCUT2D eigenvalue weighted by atomic mass is 10.1. The summed E-state index contributed by atoms with van der Waals surface area (Å²) in [7, 11) is -4.22. The quantitative estimate of drug-likeness (QED) is 0.778. The van der Waals surface area contributed by atoms with E-state index < -0.39 is 22.0 Å². The van der Waals surface area contributed by atoms with Gasteiger partial charge >= 0.3 is 0 Å². The first-order valence-electron chi connectivity index (χ1n) is 4.10. The summed E-state index contributed by atoms with van der Waals surface area (Å²) in [6.07, 6.45) is -1.56. The van der Waals surface area contributed by atoms with Crippen molar-refractivity contribution in [1.29, 1.82) is 0 Å². The molecule has 0 radical (unpaired) electrons. The van der Waals surface area contributed by atoms with Gasteiger partial charge in [-0.25, -0.2) is 4.39 Å². The van der Waals surface area contributed by atoms with E-state index in [2.05, 4.69) is 0 Å². The molecule has 1 aromatic rings. The van der Waals surface area contributed by atoms with Crippen molar-refractivity contribution < 1.29 is 17.4 Å². The third-order valence-electron chi connectivity index (χ3n) is 1.69. The van der Waals surface area contributed by atoms with Gasteiger partial charge in [-0.05, 0) is 5.56 Å². The maximum Gasteiger partial charge on any atom is 0.267 e. The van der Waals surface area contributed by atoms with Crippen molar-refractivity contribution in [2.24, 2.45) is 0 Å². The summed E-state index contributed by atoms with van der Waals surface area (Å²) in [6.45, 7) is 0. The molecule has 1 atom stereocenters. The van der Waals surface area contributed by atoms with Crippen molar-refractivity contribution in [3.63, 3.8) is 0 Å². The van der Waals surface area contributed by atoms with Crippen molar-refractivity contribution in [3.05, 3.63) is 35.9 Å². The van der Waals surface area contributed by atoms with Crippen LogP contribution in [0.2, 0.25) is 0 Å². The van der Waals surface area contributed by atoms with Crippen LogP contribution in [0.3, 0.4) is 0 Å². The average Bonchev–Trinajstić information content (AvgIpc) is 2.02. The highest BCUT2D eigenvalue weighted by Crippen LogP contribution is 2.07. The lowest BCUT2D eigenvalue weighted by molar-refractivity contribution is 0.351. The van der Waals surface area contributed by atoms with Crippen LogP contribution >= 0.6 is 0 Å². The number of hydrogen-bond acceptors (Lipinski definition) is 2. The van der Waals surface area contributed by atoms with E-state index in [0.29, 0.717) is 5.56 Å². The first kappa shape index (κ1) is 11.1. The fourth-order valence-electron chi connectivity index (χ4n) is 1.16. The van der Waals surface area contributed by atoms with Gasteiger partial charge in [0, 0.05) is 6.42 Å². The highest BCUT2D eigenvalue weighted by Gasteiger charge is 2.15. The molecule has 0 fully saturated rings. The summed E-state index contributed by atoms with van der Waals surface area (Å²) >= 11 is 0. The van der Waals surface area contributed by atoms with Crippen molar-refractivity contribution >= 4 is 10.1 Å². The minimum atomic E-state index is -4.22. The zero-order chi connectivity index (χ0) is 10.6. The van der Waals surface area contributed by atoms with Crippen LogP contribution in [0.1, 0.15) is 5.56 Å². The van der Waals surface area contributed by atoms with Gasteiger partial charge in [0.2, 0.25) is 0 Å². The van der Waals surface area contributed by atoms with Gasteiger partial charge in [0.05, 0.1) is 0 Å². The van der Waals surface area contributed by atoms with E-state index in [1.165, 1.54) is 0 Å². The second kappa shape index (κ2) is 4.52. The second-order valence-corrected chi connectivity index (χ2v) is 4.53. The highest BCUT2D eigenvalue weighted by molar-refractivity contribution is 7.85. The summed E-state index contributed by atoms with van der Waals surface area (Å²) in [5.74, 6) is -0.845. The Bertz CT molecular complexity index is 374. The van der Waals surface area contributed by atoms with Crippen molar-refractivity contribution in [2.75, 3.05) is 5.75 Å². The predicted octanol–water partition coefficient (Wildman–Crippen LogP) is 1.46. The normalized spacial score (nSPS) is 13.9. The van der Waals surface area contributed by atoms with E-state index in [1.54, 1.807) is 30.3 Å². The van der Waals surface area contributed by atoms with E-state index >= 15 is 0 Å². The van der Waals surface area contributed by atoms with Crippen molar-refractivity contribution in [2.45, 2.75) is 12.6 Å². The fraction of sp³-hybridized carbons (Fsp3) is 0.333. The number of alkyl halides is 1. The van der Waals surface area contributed by atoms with Gasteiger partial charge in [-0.2, -0.15) is 8.42 Å². The summed E-state index contributed by atoms with van der Waals surface area (Å²) < 4.78 is 42.1. The molecule has 3 nitrogen and oxygen atoms in total. The smallest absolute Gasteiger partial charge is 0.267 e. The van der Waals surface area contributed by atoms with Crippen LogP contribution in [0.15, 0.2) is 30.3 Å². The lowest BCUT2D eigenvalue weighted by Crippen LogP contribution is -2.18. The molecule has 0 saturated heterocycles. The van der Waals surface area contributed by atoms with Gasteiger partial charge in [0.1, 0.15) is 11.9 Å². The van der Waals surface area contributed by atoms with Crippen LogP contribution < -0.4 is 0 Å². The molecule has 0 spiro atoms. The van der Waals surface area contributed by atoms with Crippen molar-refractivity contribution in [1.82, 2.24) is 0 Å². The van der Waals surface area contributed by atoms with Gasteiger partial charge in [0.25, 0.3) is 10.1 Å². The van der Waals surface area contributed by atoms with Gasteiger partial charge in [-0.15, -0.1) is 0 Å². The molecule has 0 amide bonds. The molecule has 1 unspecified atom stereocenters. The Hall–Kier alpha value is -0.940. The Morgan fingerprint density at radius 1 is 1.29 bits per heavy atom. The second-order valence-electron chi connectivity index (χ2n) is 3.04. The minimum absolute atomic E-state index is 0.000625. The first-order chi connectivity index (χ1) is 6.47. The largest absolute Gasteiger partial charge is 0.285 e. The van der Waals surface area contributed by atoms with Gasteiger partial charge in [-0.3, -0.25) is 4.55 Å². The molecular weight excluding hydrogens is 207 g/mol. The number of hydrogen-bond donors (Lipinski definition) is 1. The average molecular weight is 218 g/mol. The Morgan fingerprint density at radius 2 is 1.86 bits per heavy atom. The van der Waals surface area contributed by atoms with Gasteiger partial charge < -0.3 is 0 Å². The molecule has 1 aromatic carbocycles. The molecule has 14 heavy (non-hydrogen) atoms. The third kappa shape index (κ3) is 4.34. The molecule has 0 aromatic heterocycles. The Kier molecular flexibility index (Phi) is 3.60. The molecule has 0 aliphatic rings. The van der Waals surface area contributed by atoms with E-state index in [0.717, 1.165) is 0 Å². The van der Waals surface area contributed by atoms with Crippen LogP contribution in [-0.2, 0) is 16.5 Å². The number of benzene rings is 1. The number of rotatable bonds is 4. The van der Waals surface area contributed by atoms with Crippen LogP contribution in [-0.4, -0.2) is 24.9 Å². The third-order valence-corrected chi connectivity index (χ3v) is 2.47. The van der Waals surface area contributed by atoms with Crippen LogP contribution in [0.25, 0.3) is 0 Å². The predicted molar refractivity (Wildman–Crippen MR) is 51.5 cm³/mol. The highest BCUT2D eigenvalue weighted by atomic mass is 32.2. The molecule has 5 heteroatoms. The summed E-state index contributed by atoms with van der Waals surface area (Å²) in [4.78, 5) is 0. The van der Waals surface area contributed by atoms with Gasteiger partial charge in [0.15, 0.2) is 0 Å². The van der Waals surface area contributed by atoms with Gasteiger partial charge in [-0.1, -0.05) is 30.3 Å². The molecule has 1 rings (SSSR count). The standard InChI is InChI=1S/C9H11FO3S/c10-9(7-14(11,12)13)6-8-4-2-1-3-5-8/h1-5,9H,6-7H2,(H,11,12,13). The minimum Gasteiger partial charge on any atom is -0.285 e. The van der Waals surface area contributed by atoms with Crippen molar-refractivity contribution in [3.8, 4) is 0 Å². The summed E-state index contributed by atoms with van der Waals surface area (Å²) in [5.41, 5.74) is 0.712. The van der Waals surface area contributed by atoms with Crippen LogP contribution in [0.5, 0.6) is 0 Å². The van der Waals surface area contributed by atoms with E-state index in [1.807, 2.05) is 0 Å². The van der Waals surface area contributed by atoms with E-state index in [-0.39, 0.29) is 6.42 Å². The molecule has 1 N–H and O–H groups in total. The maximum absolute atomic E-state index is 13.0. The van der Waals surface area contributed by atoms with E-state index in [9.17, 15) is 12.8 Å². The Morgan fingerprint density at radius 3 is 2.36 bits per heavy atom. The van der Waals surface area contributed by atoms with Crippen LogP contribution in [0.4, 0.5) is 4.39 Å². The SMILES string of the molecule is O=S(=O)(O)CC(F)Cc1ccccc1. The summed E-state index contributed by atoms with van der Waals surface area (Å²) in [5, 5.41) is 0. The van der Waals surface area contributed by atoms with Crippen LogP contribution in [0, 0.1) is 0 Å².